The van der Waals surface area contributed by atoms with Crippen LogP contribution in [0.3, 0.4) is 0 Å². The molecule has 3 N–H and O–H groups in total. The average Bonchev–Trinajstić information content (AvgIpc) is 3.39. The number of benzene rings is 2. The highest BCUT2D eigenvalue weighted by Gasteiger charge is 2.09. The molecule has 0 saturated heterocycles. The number of hydrogen-bond acceptors (Lipinski definition) is 4. The van der Waals surface area contributed by atoms with Crippen molar-refractivity contribution in [2.24, 2.45) is 0 Å². The Kier molecular flexibility index (Phi) is 4.46. The molecule has 144 valence electrons. The number of nitrogens with one attached hydrogen (secondary N) is 3. The molecule has 5 rings (SSSR count). The Hall–Kier alpha value is -3.64. The second-order valence-corrected chi connectivity index (χ2v) is 7.08. The van der Waals surface area contributed by atoms with Crippen LogP contribution in [-0.4, -0.2) is 26.4 Å². The zero-order valence-electron chi connectivity index (χ0n) is 16.0. The molecule has 0 bridgehead atoms. The maximum Gasteiger partial charge on any atom is 0.147 e. The average molecular weight is 383 g/mol. The van der Waals surface area contributed by atoms with E-state index in [0.29, 0.717) is 0 Å². The largest absolute Gasteiger partial charge is 0.474 e. The number of rotatable bonds is 6. The van der Waals surface area contributed by atoms with Gasteiger partial charge in [-0.15, -0.1) is 0 Å². The van der Waals surface area contributed by atoms with Crippen LogP contribution in [0.4, 0.5) is 0 Å². The molecule has 0 aliphatic rings. The van der Waals surface area contributed by atoms with E-state index in [1.165, 1.54) is 10.9 Å². The van der Waals surface area contributed by atoms with Gasteiger partial charge in [0.1, 0.15) is 12.0 Å². The standard InChI is InChI=1S/C23H21N5O/c1-15(25-11-19-12-26-23-5-3-2-4-21(19)23)29-20-9-17(10-24-14-20)16-6-7-22-18(8-16)13-27-28-22/h2-10,12-15,25-26H,11H2,1H3,(H,27,28)/t15-/m0/s1. The van der Waals surface area contributed by atoms with Crippen LogP contribution < -0.4 is 10.1 Å². The molecule has 0 saturated carbocycles. The van der Waals surface area contributed by atoms with Gasteiger partial charge in [0, 0.05) is 40.8 Å². The Morgan fingerprint density at radius 2 is 1.93 bits per heavy atom. The van der Waals surface area contributed by atoms with Crippen LogP contribution in [-0.2, 0) is 6.54 Å². The molecule has 29 heavy (non-hydrogen) atoms. The zero-order chi connectivity index (χ0) is 19.6. The first-order valence-corrected chi connectivity index (χ1v) is 9.60. The third kappa shape index (κ3) is 3.58. The molecule has 3 heterocycles. The predicted octanol–water partition coefficient (Wildman–Crippen LogP) is 4.62. The lowest BCUT2D eigenvalue weighted by Crippen LogP contribution is -2.30. The summed E-state index contributed by atoms with van der Waals surface area (Å²) in [6.07, 6.45) is 7.29. The highest BCUT2D eigenvalue weighted by molar-refractivity contribution is 5.84. The van der Waals surface area contributed by atoms with E-state index in [1.54, 1.807) is 6.20 Å². The van der Waals surface area contributed by atoms with E-state index in [1.807, 2.05) is 43.7 Å². The van der Waals surface area contributed by atoms with Crippen molar-refractivity contribution < 1.29 is 4.74 Å². The molecule has 6 heteroatoms. The van der Waals surface area contributed by atoms with E-state index in [4.69, 9.17) is 4.74 Å². The fourth-order valence-corrected chi connectivity index (χ4v) is 3.54. The molecule has 0 spiro atoms. The summed E-state index contributed by atoms with van der Waals surface area (Å²) < 4.78 is 6.06. The molecule has 6 nitrogen and oxygen atoms in total. The van der Waals surface area contributed by atoms with Gasteiger partial charge in [-0.3, -0.25) is 15.4 Å². The number of ether oxygens (including phenoxy) is 1. The molecule has 0 amide bonds. The van der Waals surface area contributed by atoms with Gasteiger partial charge >= 0.3 is 0 Å². The summed E-state index contributed by atoms with van der Waals surface area (Å²) in [5, 5.41) is 12.8. The summed E-state index contributed by atoms with van der Waals surface area (Å²) in [7, 11) is 0. The molecule has 0 aliphatic carbocycles. The smallest absolute Gasteiger partial charge is 0.147 e. The van der Waals surface area contributed by atoms with Gasteiger partial charge in [-0.1, -0.05) is 24.3 Å². The molecule has 1 atom stereocenters. The van der Waals surface area contributed by atoms with Crippen LogP contribution in [0.25, 0.3) is 32.9 Å². The van der Waals surface area contributed by atoms with E-state index in [-0.39, 0.29) is 6.23 Å². The van der Waals surface area contributed by atoms with Gasteiger partial charge in [0.2, 0.25) is 0 Å². The molecular formula is C23H21N5O. The maximum absolute atomic E-state index is 6.06. The monoisotopic (exact) mass is 383 g/mol. The van der Waals surface area contributed by atoms with Gasteiger partial charge in [-0.2, -0.15) is 5.10 Å². The Balaban J connectivity index is 1.28. The molecule has 0 unspecified atom stereocenters. The number of pyridine rings is 1. The van der Waals surface area contributed by atoms with Crippen LogP contribution >= 0.6 is 0 Å². The molecule has 3 aromatic heterocycles. The summed E-state index contributed by atoms with van der Waals surface area (Å²) >= 11 is 0. The van der Waals surface area contributed by atoms with E-state index < -0.39 is 0 Å². The topological polar surface area (TPSA) is 78.6 Å². The van der Waals surface area contributed by atoms with Crippen LogP contribution in [0.5, 0.6) is 5.75 Å². The number of aromatic nitrogens is 4. The third-order valence-corrected chi connectivity index (χ3v) is 5.05. The normalized spacial score (nSPS) is 12.4. The van der Waals surface area contributed by atoms with Gasteiger partial charge in [-0.25, -0.2) is 0 Å². The fourth-order valence-electron chi connectivity index (χ4n) is 3.54. The quantitative estimate of drug-likeness (QED) is 0.374. The molecule has 0 fully saturated rings. The minimum absolute atomic E-state index is 0.155. The summed E-state index contributed by atoms with van der Waals surface area (Å²) in [4.78, 5) is 7.65. The lowest BCUT2D eigenvalue weighted by Gasteiger charge is -2.16. The van der Waals surface area contributed by atoms with Crippen molar-refractivity contribution >= 4 is 21.8 Å². The van der Waals surface area contributed by atoms with Crippen LogP contribution in [0, 0.1) is 0 Å². The Morgan fingerprint density at radius 1 is 1.00 bits per heavy atom. The SMILES string of the molecule is C[C@@H](NCc1c[nH]c2ccccc12)Oc1cncc(-c2ccc3[nH]ncc3c2)c1. The van der Waals surface area contributed by atoms with Gasteiger partial charge in [-0.05, 0) is 42.3 Å². The van der Waals surface area contributed by atoms with Crippen molar-refractivity contribution in [1.82, 2.24) is 25.5 Å². The van der Waals surface area contributed by atoms with Gasteiger partial charge < -0.3 is 9.72 Å². The van der Waals surface area contributed by atoms with Crippen LogP contribution in [0.15, 0.2) is 73.3 Å². The van der Waals surface area contributed by atoms with E-state index in [0.717, 1.165) is 39.8 Å². The number of H-pyrrole nitrogens is 2. The fraction of sp³-hybridized carbons (Fsp3) is 0.130. The Morgan fingerprint density at radius 3 is 2.90 bits per heavy atom. The summed E-state index contributed by atoms with van der Waals surface area (Å²) in [6.45, 7) is 2.72. The molecule has 0 radical (unpaired) electrons. The number of fused-ring (bicyclic) bond motifs is 2. The van der Waals surface area contributed by atoms with E-state index in [9.17, 15) is 0 Å². The number of hydrogen-bond donors (Lipinski definition) is 3. The summed E-state index contributed by atoms with van der Waals surface area (Å²) in [5.41, 5.74) is 5.47. The summed E-state index contributed by atoms with van der Waals surface area (Å²) in [5.74, 6) is 0.730. The van der Waals surface area contributed by atoms with Gasteiger partial charge in [0.25, 0.3) is 0 Å². The first-order valence-electron chi connectivity index (χ1n) is 9.60. The van der Waals surface area contributed by atoms with E-state index >= 15 is 0 Å². The summed E-state index contributed by atoms with van der Waals surface area (Å²) in [6, 6.07) is 16.5. The van der Waals surface area contributed by atoms with Crippen molar-refractivity contribution in [1.29, 1.82) is 0 Å². The van der Waals surface area contributed by atoms with Crippen molar-refractivity contribution in [2.75, 3.05) is 0 Å². The van der Waals surface area contributed by atoms with Crippen molar-refractivity contribution in [3.05, 3.63) is 78.9 Å². The molecule has 2 aromatic carbocycles. The third-order valence-electron chi connectivity index (χ3n) is 5.05. The maximum atomic E-state index is 6.06. The lowest BCUT2D eigenvalue weighted by molar-refractivity contribution is 0.180. The highest BCUT2D eigenvalue weighted by atomic mass is 16.5. The minimum atomic E-state index is -0.155. The molecular weight excluding hydrogens is 362 g/mol. The van der Waals surface area contributed by atoms with Gasteiger partial charge in [0.15, 0.2) is 0 Å². The number of aromatic amines is 2. The molecule has 5 aromatic rings. The highest BCUT2D eigenvalue weighted by Crippen LogP contribution is 2.26. The Bertz CT molecular complexity index is 1270. The second kappa shape index (κ2) is 7.41. The predicted molar refractivity (Wildman–Crippen MR) is 115 cm³/mol. The minimum Gasteiger partial charge on any atom is -0.474 e. The first-order chi connectivity index (χ1) is 14.3. The second-order valence-electron chi connectivity index (χ2n) is 7.08. The number of para-hydroxylation sites is 1. The van der Waals surface area contributed by atoms with Gasteiger partial charge in [0.05, 0.1) is 17.9 Å². The van der Waals surface area contributed by atoms with Crippen molar-refractivity contribution in [2.45, 2.75) is 19.7 Å². The zero-order valence-corrected chi connectivity index (χ0v) is 16.0. The van der Waals surface area contributed by atoms with Crippen LogP contribution in [0.2, 0.25) is 0 Å². The van der Waals surface area contributed by atoms with Crippen molar-refractivity contribution in [3.8, 4) is 16.9 Å². The Labute approximate surface area is 167 Å². The number of nitrogens with zero attached hydrogens (tertiary/aromatic N) is 2. The molecule has 0 aliphatic heterocycles. The van der Waals surface area contributed by atoms with E-state index in [2.05, 4.69) is 55.8 Å². The van der Waals surface area contributed by atoms with Crippen LogP contribution in [0.1, 0.15) is 12.5 Å². The lowest BCUT2D eigenvalue weighted by atomic mass is 10.1. The van der Waals surface area contributed by atoms with Crippen molar-refractivity contribution in [3.63, 3.8) is 0 Å². The first kappa shape index (κ1) is 17.5.